The van der Waals surface area contributed by atoms with Crippen molar-refractivity contribution >= 4 is 17.4 Å². The van der Waals surface area contributed by atoms with E-state index in [0.29, 0.717) is 13.2 Å². The molecule has 0 spiro atoms. The van der Waals surface area contributed by atoms with Crippen molar-refractivity contribution in [1.82, 2.24) is 10.2 Å². The van der Waals surface area contributed by atoms with E-state index >= 15 is 0 Å². The van der Waals surface area contributed by atoms with Gasteiger partial charge in [0, 0.05) is 51.5 Å². The molecule has 6 nitrogen and oxygen atoms in total. The summed E-state index contributed by atoms with van der Waals surface area (Å²) in [5.41, 5.74) is 2.34. The Morgan fingerprint density at radius 3 is 2.40 bits per heavy atom. The topological polar surface area (TPSA) is 48.1 Å². The Bertz CT molecular complexity index is 776. The Kier molecular flexibility index (Phi) is 8.24. The smallest absolute Gasteiger partial charge is 0.317 e. The minimum atomic E-state index is 0.0375. The number of amides is 2. The molecule has 0 unspecified atom stereocenters. The van der Waals surface area contributed by atoms with E-state index in [4.69, 9.17) is 4.74 Å². The van der Waals surface area contributed by atoms with Crippen LogP contribution < -0.4 is 19.9 Å². The van der Waals surface area contributed by atoms with E-state index < -0.39 is 0 Å². The fraction of sp³-hybridized carbons (Fsp3) is 0.458. The van der Waals surface area contributed by atoms with Gasteiger partial charge in [-0.1, -0.05) is 30.3 Å². The lowest BCUT2D eigenvalue weighted by Gasteiger charge is -2.36. The first-order valence-electron chi connectivity index (χ1n) is 11.0. The van der Waals surface area contributed by atoms with Crippen LogP contribution >= 0.6 is 0 Å². The summed E-state index contributed by atoms with van der Waals surface area (Å²) >= 11 is 0. The molecule has 0 radical (unpaired) electrons. The van der Waals surface area contributed by atoms with Crippen LogP contribution in [0.5, 0.6) is 5.75 Å². The molecule has 1 aliphatic heterocycles. The van der Waals surface area contributed by atoms with Crippen molar-refractivity contribution in [3.8, 4) is 5.75 Å². The monoisotopic (exact) mass is 410 g/mol. The number of ether oxygens (including phenoxy) is 1. The highest BCUT2D eigenvalue weighted by atomic mass is 16.5. The molecule has 0 saturated carbocycles. The van der Waals surface area contributed by atoms with Crippen LogP contribution in [0.3, 0.4) is 0 Å². The lowest BCUT2D eigenvalue weighted by atomic mass is 10.2. The lowest BCUT2D eigenvalue weighted by molar-refractivity contribution is 0.194. The molecular formula is C24H34N4O2. The maximum atomic E-state index is 12.6. The quantitative estimate of drug-likeness (QED) is 0.638. The molecule has 2 amide bonds. The summed E-state index contributed by atoms with van der Waals surface area (Å²) < 4.78 is 5.75. The second kappa shape index (κ2) is 11.3. The van der Waals surface area contributed by atoms with Crippen molar-refractivity contribution in [1.29, 1.82) is 0 Å². The third-order valence-electron chi connectivity index (χ3n) is 5.46. The van der Waals surface area contributed by atoms with Gasteiger partial charge in [-0.05, 0) is 44.5 Å². The number of hydrogen-bond acceptors (Lipinski definition) is 4. The fourth-order valence-corrected chi connectivity index (χ4v) is 3.83. The predicted molar refractivity (Wildman–Crippen MR) is 124 cm³/mol. The number of anilines is 2. The van der Waals surface area contributed by atoms with Gasteiger partial charge in [-0.2, -0.15) is 0 Å². The van der Waals surface area contributed by atoms with Gasteiger partial charge in [-0.3, -0.25) is 0 Å². The zero-order valence-electron chi connectivity index (χ0n) is 18.2. The molecule has 162 valence electrons. The summed E-state index contributed by atoms with van der Waals surface area (Å²) in [5.74, 6) is 0.914. The van der Waals surface area contributed by atoms with E-state index in [1.165, 1.54) is 5.69 Å². The molecular weight excluding hydrogens is 376 g/mol. The highest BCUT2D eigenvalue weighted by Crippen LogP contribution is 2.28. The van der Waals surface area contributed by atoms with Crippen LogP contribution in [0.1, 0.15) is 20.3 Å². The average molecular weight is 411 g/mol. The van der Waals surface area contributed by atoms with Crippen molar-refractivity contribution in [2.24, 2.45) is 0 Å². The summed E-state index contributed by atoms with van der Waals surface area (Å²) in [6.07, 6.45) is 0.927. The van der Waals surface area contributed by atoms with Gasteiger partial charge in [-0.25, -0.2) is 4.79 Å². The normalized spacial score (nSPS) is 13.8. The van der Waals surface area contributed by atoms with Crippen molar-refractivity contribution in [3.63, 3.8) is 0 Å². The van der Waals surface area contributed by atoms with Gasteiger partial charge in [0.25, 0.3) is 0 Å². The Balaban J connectivity index is 1.40. The Morgan fingerprint density at radius 1 is 1.00 bits per heavy atom. The minimum absolute atomic E-state index is 0.0375. The van der Waals surface area contributed by atoms with E-state index in [1.54, 1.807) is 0 Å². The lowest BCUT2D eigenvalue weighted by Crippen LogP contribution is -2.52. The van der Waals surface area contributed by atoms with Crippen LogP contribution in [0.25, 0.3) is 0 Å². The number of nitrogens with one attached hydrogen (secondary N) is 1. The molecule has 1 N–H and O–H groups in total. The second-order valence-electron chi connectivity index (χ2n) is 7.38. The largest absolute Gasteiger partial charge is 0.492 e. The predicted octanol–water partition coefficient (Wildman–Crippen LogP) is 3.83. The summed E-state index contributed by atoms with van der Waals surface area (Å²) in [4.78, 5) is 19.1. The third-order valence-corrected chi connectivity index (χ3v) is 5.46. The standard InChI is InChI=1S/C24H34N4O2/c1-3-26(21-11-6-5-7-12-21)16-10-15-25-24(29)28-19-17-27(18-20-28)22-13-8-9-14-23(22)30-4-2/h5-9,11-14H,3-4,10,15-20H2,1-2H3,(H,25,29). The molecule has 0 aromatic heterocycles. The van der Waals surface area contributed by atoms with Gasteiger partial charge in [-0.15, -0.1) is 0 Å². The van der Waals surface area contributed by atoms with Crippen LogP contribution in [0.15, 0.2) is 54.6 Å². The molecule has 6 heteroatoms. The molecule has 1 saturated heterocycles. The average Bonchev–Trinajstić information content (AvgIpc) is 2.80. The molecule has 1 aliphatic rings. The number of para-hydroxylation sites is 3. The van der Waals surface area contributed by atoms with E-state index in [1.807, 2.05) is 36.1 Å². The molecule has 0 aliphatic carbocycles. The summed E-state index contributed by atoms with van der Waals surface area (Å²) in [7, 11) is 0. The number of nitrogens with zero attached hydrogens (tertiary/aromatic N) is 3. The van der Waals surface area contributed by atoms with Crippen LogP contribution in [0, 0.1) is 0 Å². The molecule has 1 heterocycles. The van der Waals surface area contributed by atoms with Crippen molar-refractivity contribution in [2.45, 2.75) is 20.3 Å². The van der Waals surface area contributed by atoms with Crippen LogP contribution in [-0.4, -0.2) is 63.4 Å². The Morgan fingerprint density at radius 2 is 1.70 bits per heavy atom. The van der Waals surface area contributed by atoms with Gasteiger partial charge >= 0.3 is 6.03 Å². The van der Waals surface area contributed by atoms with E-state index in [9.17, 15) is 4.79 Å². The minimum Gasteiger partial charge on any atom is -0.492 e. The van der Waals surface area contributed by atoms with E-state index in [2.05, 4.69) is 52.4 Å². The van der Waals surface area contributed by atoms with Gasteiger partial charge < -0.3 is 24.8 Å². The number of carbonyl (C=O) groups excluding carboxylic acids is 1. The van der Waals surface area contributed by atoms with Gasteiger partial charge in [0.05, 0.1) is 12.3 Å². The number of carbonyl (C=O) groups is 1. The number of rotatable bonds is 9. The number of piperazine rings is 1. The fourth-order valence-electron chi connectivity index (χ4n) is 3.83. The maximum Gasteiger partial charge on any atom is 0.317 e. The highest BCUT2D eigenvalue weighted by molar-refractivity contribution is 5.74. The summed E-state index contributed by atoms with van der Waals surface area (Å²) in [6.45, 7) is 10.5. The first-order chi connectivity index (χ1) is 14.7. The molecule has 2 aromatic carbocycles. The molecule has 1 fully saturated rings. The molecule has 2 aromatic rings. The molecule has 30 heavy (non-hydrogen) atoms. The van der Waals surface area contributed by atoms with Crippen molar-refractivity contribution in [2.75, 3.05) is 62.2 Å². The Hall–Kier alpha value is -2.89. The van der Waals surface area contributed by atoms with Crippen LogP contribution in [0.2, 0.25) is 0 Å². The summed E-state index contributed by atoms with van der Waals surface area (Å²) in [5, 5.41) is 3.09. The number of urea groups is 1. The summed E-state index contributed by atoms with van der Waals surface area (Å²) in [6, 6.07) is 18.6. The first kappa shape index (κ1) is 21.8. The zero-order valence-corrected chi connectivity index (χ0v) is 18.2. The van der Waals surface area contributed by atoms with Gasteiger partial charge in [0.1, 0.15) is 5.75 Å². The van der Waals surface area contributed by atoms with E-state index in [-0.39, 0.29) is 6.03 Å². The molecule has 0 atom stereocenters. The van der Waals surface area contributed by atoms with Gasteiger partial charge in [0.15, 0.2) is 0 Å². The van der Waals surface area contributed by atoms with Crippen molar-refractivity contribution in [3.05, 3.63) is 54.6 Å². The zero-order chi connectivity index (χ0) is 21.2. The Labute approximate surface area is 180 Å². The van der Waals surface area contributed by atoms with Gasteiger partial charge in [0.2, 0.25) is 0 Å². The number of benzene rings is 2. The van der Waals surface area contributed by atoms with Crippen LogP contribution in [-0.2, 0) is 0 Å². The maximum absolute atomic E-state index is 12.6. The molecule has 3 rings (SSSR count). The highest BCUT2D eigenvalue weighted by Gasteiger charge is 2.22. The first-order valence-corrected chi connectivity index (χ1v) is 11.0. The third kappa shape index (κ3) is 5.81. The van der Waals surface area contributed by atoms with Crippen LogP contribution in [0.4, 0.5) is 16.2 Å². The van der Waals surface area contributed by atoms with Crippen molar-refractivity contribution < 1.29 is 9.53 Å². The second-order valence-corrected chi connectivity index (χ2v) is 7.38. The number of hydrogen-bond donors (Lipinski definition) is 1. The SMILES string of the molecule is CCOc1ccccc1N1CCN(C(=O)NCCCN(CC)c2ccccc2)CC1. The van der Waals surface area contributed by atoms with E-state index in [0.717, 1.165) is 57.1 Å². The molecule has 0 bridgehead atoms.